The Labute approximate surface area is 162 Å². The molecule has 1 amide bonds. The Hall–Kier alpha value is -1.42. The lowest BCUT2D eigenvalue weighted by atomic mass is 10.2. The molecule has 0 saturated carbocycles. The second kappa shape index (κ2) is 8.98. The van der Waals surface area contributed by atoms with Gasteiger partial charge in [0.2, 0.25) is 15.9 Å². The van der Waals surface area contributed by atoms with Crippen LogP contribution in [0.1, 0.15) is 24.1 Å². The van der Waals surface area contributed by atoms with Crippen molar-refractivity contribution in [1.29, 1.82) is 0 Å². The zero-order valence-corrected chi connectivity index (χ0v) is 16.7. The molecule has 26 heavy (non-hydrogen) atoms. The Morgan fingerprint density at radius 3 is 2.69 bits per heavy atom. The number of pyridine rings is 1. The standard InChI is InChI=1S/C17H21N3O3S3/c21-16(18-11-14-5-4-10-24-14)13-25-17-7-6-15(12-19-17)26(22,23)20-8-2-1-3-9-20/h4-7,10,12H,1-3,8-9,11,13H2,(H,18,21). The molecule has 1 fully saturated rings. The van der Waals surface area contributed by atoms with Crippen LogP contribution in [0.15, 0.2) is 45.8 Å². The monoisotopic (exact) mass is 411 g/mol. The number of hydrogen-bond donors (Lipinski definition) is 1. The van der Waals surface area contributed by atoms with Crippen LogP contribution in [0.25, 0.3) is 0 Å². The van der Waals surface area contributed by atoms with E-state index < -0.39 is 10.0 Å². The topological polar surface area (TPSA) is 79.4 Å². The number of nitrogens with one attached hydrogen (secondary N) is 1. The minimum Gasteiger partial charge on any atom is -0.350 e. The normalized spacial score (nSPS) is 15.7. The third-order valence-corrected chi connectivity index (χ3v) is 7.76. The van der Waals surface area contributed by atoms with E-state index in [4.69, 9.17) is 0 Å². The highest BCUT2D eigenvalue weighted by Crippen LogP contribution is 2.22. The Bertz CT molecular complexity index is 815. The van der Waals surface area contributed by atoms with Crippen LogP contribution in [0.3, 0.4) is 0 Å². The molecule has 0 spiro atoms. The first-order valence-corrected chi connectivity index (χ1v) is 11.7. The average Bonchev–Trinajstić information content (AvgIpc) is 3.19. The van der Waals surface area contributed by atoms with Crippen LogP contribution in [-0.4, -0.2) is 42.5 Å². The van der Waals surface area contributed by atoms with Gasteiger partial charge in [-0.1, -0.05) is 24.2 Å². The predicted octanol–water partition coefficient (Wildman–Crippen LogP) is 2.73. The summed E-state index contributed by atoms with van der Waals surface area (Å²) in [4.78, 5) is 17.4. The van der Waals surface area contributed by atoms with E-state index in [-0.39, 0.29) is 16.6 Å². The van der Waals surface area contributed by atoms with Crippen molar-refractivity contribution in [2.75, 3.05) is 18.8 Å². The smallest absolute Gasteiger partial charge is 0.244 e. The van der Waals surface area contributed by atoms with Crippen LogP contribution < -0.4 is 5.32 Å². The molecule has 9 heteroatoms. The lowest BCUT2D eigenvalue weighted by Gasteiger charge is -2.25. The number of thioether (sulfide) groups is 1. The van der Waals surface area contributed by atoms with Crippen molar-refractivity contribution in [1.82, 2.24) is 14.6 Å². The number of carbonyl (C=O) groups is 1. The van der Waals surface area contributed by atoms with Gasteiger partial charge in [-0.25, -0.2) is 13.4 Å². The summed E-state index contributed by atoms with van der Waals surface area (Å²) < 4.78 is 26.7. The molecule has 6 nitrogen and oxygen atoms in total. The summed E-state index contributed by atoms with van der Waals surface area (Å²) in [6.07, 6.45) is 4.27. The number of nitrogens with zero attached hydrogens (tertiary/aromatic N) is 2. The molecule has 3 heterocycles. The Morgan fingerprint density at radius 2 is 2.04 bits per heavy atom. The van der Waals surface area contributed by atoms with Crippen molar-refractivity contribution < 1.29 is 13.2 Å². The second-order valence-electron chi connectivity index (χ2n) is 5.94. The Balaban J connectivity index is 1.51. The van der Waals surface area contributed by atoms with Crippen molar-refractivity contribution in [3.63, 3.8) is 0 Å². The molecule has 0 bridgehead atoms. The Kier molecular flexibility index (Phi) is 6.68. The van der Waals surface area contributed by atoms with Gasteiger partial charge in [0, 0.05) is 24.2 Å². The molecular weight excluding hydrogens is 390 g/mol. The van der Waals surface area contributed by atoms with Crippen molar-refractivity contribution >= 4 is 39.0 Å². The molecule has 0 radical (unpaired) electrons. The van der Waals surface area contributed by atoms with Gasteiger partial charge in [-0.15, -0.1) is 11.3 Å². The molecule has 1 N–H and O–H groups in total. The highest BCUT2D eigenvalue weighted by molar-refractivity contribution is 7.99. The molecule has 3 rings (SSSR count). The zero-order valence-electron chi connectivity index (χ0n) is 14.3. The minimum absolute atomic E-state index is 0.0739. The van der Waals surface area contributed by atoms with Crippen LogP contribution in [0.5, 0.6) is 0 Å². The van der Waals surface area contributed by atoms with E-state index in [2.05, 4.69) is 10.3 Å². The van der Waals surface area contributed by atoms with Crippen LogP contribution >= 0.6 is 23.1 Å². The summed E-state index contributed by atoms with van der Waals surface area (Å²) in [5.74, 6) is 0.173. The van der Waals surface area contributed by atoms with Crippen LogP contribution in [0, 0.1) is 0 Å². The highest BCUT2D eigenvalue weighted by Gasteiger charge is 2.26. The van der Waals surface area contributed by atoms with Gasteiger partial charge in [-0.3, -0.25) is 4.79 Å². The predicted molar refractivity (Wildman–Crippen MR) is 104 cm³/mol. The van der Waals surface area contributed by atoms with E-state index >= 15 is 0 Å². The first kappa shape index (κ1) is 19.3. The maximum absolute atomic E-state index is 12.6. The number of amides is 1. The van der Waals surface area contributed by atoms with Gasteiger partial charge >= 0.3 is 0 Å². The van der Waals surface area contributed by atoms with Gasteiger partial charge in [-0.05, 0) is 36.4 Å². The molecule has 0 atom stereocenters. The van der Waals surface area contributed by atoms with Crippen molar-refractivity contribution in [2.24, 2.45) is 0 Å². The fraction of sp³-hybridized carbons (Fsp3) is 0.412. The molecular formula is C17H21N3O3S3. The largest absolute Gasteiger partial charge is 0.350 e. The molecule has 1 saturated heterocycles. The summed E-state index contributed by atoms with van der Waals surface area (Å²) in [5.41, 5.74) is 0. The third kappa shape index (κ3) is 5.06. The number of piperidine rings is 1. The lowest BCUT2D eigenvalue weighted by molar-refractivity contribution is -0.118. The summed E-state index contributed by atoms with van der Waals surface area (Å²) >= 11 is 2.89. The quantitative estimate of drug-likeness (QED) is 0.709. The van der Waals surface area contributed by atoms with Crippen LogP contribution in [0.4, 0.5) is 0 Å². The number of sulfonamides is 1. The van der Waals surface area contributed by atoms with Crippen LogP contribution in [-0.2, 0) is 21.4 Å². The van der Waals surface area contributed by atoms with Crippen LogP contribution in [0.2, 0.25) is 0 Å². The van der Waals surface area contributed by atoms with Gasteiger partial charge in [0.1, 0.15) is 4.90 Å². The molecule has 2 aromatic heterocycles. The summed E-state index contributed by atoms with van der Waals surface area (Å²) in [6, 6.07) is 7.16. The van der Waals surface area contributed by atoms with E-state index in [9.17, 15) is 13.2 Å². The second-order valence-corrected chi connectivity index (χ2v) is 9.91. The van der Waals surface area contributed by atoms with Gasteiger partial charge in [0.25, 0.3) is 0 Å². The van der Waals surface area contributed by atoms with Crippen molar-refractivity contribution in [2.45, 2.75) is 35.7 Å². The summed E-state index contributed by atoms with van der Waals surface area (Å²) in [7, 11) is -3.46. The number of rotatable bonds is 7. The zero-order chi connectivity index (χ0) is 18.4. The molecule has 0 aliphatic carbocycles. The molecule has 140 valence electrons. The van der Waals surface area contributed by atoms with Crippen molar-refractivity contribution in [3.8, 4) is 0 Å². The van der Waals surface area contributed by atoms with E-state index in [1.54, 1.807) is 23.5 Å². The molecule has 1 aliphatic rings. The maximum atomic E-state index is 12.6. The number of thiophene rings is 1. The first-order chi connectivity index (χ1) is 12.6. The summed E-state index contributed by atoms with van der Waals surface area (Å²) in [5, 5.41) is 5.46. The van der Waals surface area contributed by atoms with Gasteiger partial charge in [0.05, 0.1) is 17.3 Å². The van der Waals surface area contributed by atoms with E-state index in [1.807, 2.05) is 17.5 Å². The maximum Gasteiger partial charge on any atom is 0.244 e. The average molecular weight is 412 g/mol. The van der Waals surface area contributed by atoms with E-state index in [0.717, 1.165) is 24.1 Å². The molecule has 2 aromatic rings. The summed E-state index contributed by atoms with van der Waals surface area (Å²) in [6.45, 7) is 1.67. The fourth-order valence-electron chi connectivity index (χ4n) is 2.65. The number of carbonyl (C=O) groups excluding carboxylic acids is 1. The minimum atomic E-state index is -3.46. The van der Waals surface area contributed by atoms with Gasteiger partial charge < -0.3 is 5.32 Å². The number of aromatic nitrogens is 1. The molecule has 1 aliphatic heterocycles. The molecule has 0 aromatic carbocycles. The van der Waals surface area contributed by atoms with Crippen molar-refractivity contribution in [3.05, 3.63) is 40.7 Å². The van der Waals surface area contributed by atoms with Gasteiger partial charge in [-0.2, -0.15) is 4.31 Å². The van der Waals surface area contributed by atoms with E-state index in [0.29, 0.717) is 24.7 Å². The SMILES string of the molecule is O=C(CSc1ccc(S(=O)(=O)N2CCCCC2)cn1)NCc1cccs1. The first-order valence-electron chi connectivity index (χ1n) is 8.44. The lowest BCUT2D eigenvalue weighted by Crippen LogP contribution is -2.35. The third-order valence-electron chi connectivity index (χ3n) is 4.05. The Morgan fingerprint density at radius 1 is 1.23 bits per heavy atom. The highest BCUT2D eigenvalue weighted by atomic mass is 32.2. The fourth-order valence-corrected chi connectivity index (χ4v) is 5.43. The number of hydrogen-bond acceptors (Lipinski definition) is 6. The van der Waals surface area contributed by atoms with E-state index in [1.165, 1.54) is 22.3 Å². The van der Waals surface area contributed by atoms with Gasteiger partial charge in [0.15, 0.2) is 0 Å². The molecule has 0 unspecified atom stereocenters.